The maximum atomic E-state index is 11.6. The summed E-state index contributed by atoms with van der Waals surface area (Å²) in [6.45, 7) is 0.492. The van der Waals surface area contributed by atoms with Crippen LogP contribution in [0.25, 0.3) is 6.08 Å². The van der Waals surface area contributed by atoms with Gasteiger partial charge in [-0.25, -0.2) is 0 Å². The highest BCUT2D eigenvalue weighted by Crippen LogP contribution is 2.38. The van der Waals surface area contributed by atoms with Gasteiger partial charge in [0.05, 0.1) is 21.3 Å². The fourth-order valence-electron chi connectivity index (χ4n) is 1.72. The Morgan fingerprint density at radius 2 is 1.81 bits per heavy atom. The molecule has 0 fully saturated rings. The quantitative estimate of drug-likeness (QED) is 0.557. The van der Waals surface area contributed by atoms with Crippen molar-refractivity contribution in [2.45, 2.75) is 6.42 Å². The van der Waals surface area contributed by atoms with E-state index in [1.54, 1.807) is 18.2 Å². The Morgan fingerprint density at radius 3 is 2.29 bits per heavy atom. The first-order valence-electron chi connectivity index (χ1n) is 6.53. The molecule has 0 saturated carbocycles. The summed E-state index contributed by atoms with van der Waals surface area (Å²) in [4.78, 5) is 11.6. The van der Waals surface area contributed by atoms with Crippen molar-refractivity contribution in [1.29, 1.82) is 0 Å². The van der Waals surface area contributed by atoms with Gasteiger partial charge in [-0.3, -0.25) is 4.79 Å². The van der Waals surface area contributed by atoms with E-state index in [9.17, 15) is 4.79 Å². The van der Waals surface area contributed by atoms with E-state index in [1.165, 1.54) is 27.4 Å². The molecular weight excluding hydrogens is 274 g/mol. The summed E-state index contributed by atoms with van der Waals surface area (Å²) in [5, 5.41) is 11.3. The Kier molecular flexibility index (Phi) is 7.11. The molecule has 1 amide bonds. The third-order valence-corrected chi connectivity index (χ3v) is 2.75. The Hall–Kier alpha value is -2.21. The molecular formula is C15H21NO5. The lowest BCUT2D eigenvalue weighted by Crippen LogP contribution is -2.22. The minimum Gasteiger partial charge on any atom is -0.493 e. The number of rotatable bonds is 8. The molecule has 0 saturated heterocycles. The zero-order valence-electron chi connectivity index (χ0n) is 12.5. The summed E-state index contributed by atoms with van der Waals surface area (Å²) in [5.41, 5.74) is 0.752. The van der Waals surface area contributed by atoms with Gasteiger partial charge in [-0.1, -0.05) is 0 Å². The van der Waals surface area contributed by atoms with Crippen molar-refractivity contribution in [3.63, 3.8) is 0 Å². The lowest BCUT2D eigenvalue weighted by Gasteiger charge is -2.12. The molecule has 1 rings (SSSR count). The van der Waals surface area contributed by atoms with Crippen LogP contribution in [0.1, 0.15) is 12.0 Å². The molecule has 2 N–H and O–H groups in total. The molecule has 0 aliphatic carbocycles. The molecule has 116 valence electrons. The molecule has 0 aliphatic heterocycles. The predicted molar refractivity (Wildman–Crippen MR) is 79.8 cm³/mol. The summed E-state index contributed by atoms with van der Waals surface area (Å²) in [5.74, 6) is 1.33. The topological polar surface area (TPSA) is 77.0 Å². The van der Waals surface area contributed by atoms with E-state index >= 15 is 0 Å². The Morgan fingerprint density at radius 1 is 1.19 bits per heavy atom. The molecule has 0 atom stereocenters. The van der Waals surface area contributed by atoms with Crippen molar-refractivity contribution >= 4 is 12.0 Å². The first-order valence-corrected chi connectivity index (χ1v) is 6.53. The molecule has 1 aromatic carbocycles. The number of carbonyl (C=O) groups is 1. The van der Waals surface area contributed by atoms with Gasteiger partial charge in [-0.05, 0) is 30.2 Å². The Labute approximate surface area is 124 Å². The van der Waals surface area contributed by atoms with Crippen LogP contribution in [-0.2, 0) is 4.79 Å². The van der Waals surface area contributed by atoms with Crippen LogP contribution in [0.3, 0.4) is 0 Å². The number of methoxy groups -OCH3 is 3. The van der Waals surface area contributed by atoms with E-state index in [-0.39, 0.29) is 12.5 Å². The molecule has 0 aromatic heterocycles. The fraction of sp³-hybridized carbons (Fsp3) is 0.400. The SMILES string of the molecule is COc1cc(/C=C/C(=O)NCCCO)cc(OC)c1OC. The Balaban J connectivity index is 2.86. The average molecular weight is 295 g/mol. The average Bonchev–Trinajstić information content (AvgIpc) is 2.51. The van der Waals surface area contributed by atoms with Gasteiger partial charge < -0.3 is 24.6 Å². The van der Waals surface area contributed by atoms with Crippen LogP contribution in [0.5, 0.6) is 17.2 Å². The molecule has 0 bridgehead atoms. The fourth-order valence-corrected chi connectivity index (χ4v) is 1.72. The molecule has 0 unspecified atom stereocenters. The standard InChI is InChI=1S/C15H21NO5/c1-19-12-9-11(10-13(20-2)15(12)21-3)5-6-14(18)16-7-4-8-17/h5-6,9-10,17H,4,7-8H2,1-3H3,(H,16,18)/b6-5+. The van der Waals surface area contributed by atoms with Crippen molar-refractivity contribution in [2.75, 3.05) is 34.5 Å². The van der Waals surface area contributed by atoms with E-state index < -0.39 is 0 Å². The zero-order valence-corrected chi connectivity index (χ0v) is 12.5. The second-order valence-electron chi connectivity index (χ2n) is 4.16. The van der Waals surface area contributed by atoms with Crippen molar-refractivity contribution in [3.8, 4) is 17.2 Å². The molecule has 6 heteroatoms. The van der Waals surface area contributed by atoms with Gasteiger partial charge >= 0.3 is 0 Å². The number of ether oxygens (including phenoxy) is 3. The summed E-state index contributed by atoms with van der Waals surface area (Å²) in [6, 6.07) is 3.50. The lowest BCUT2D eigenvalue weighted by molar-refractivity contribution is -0.116. The summed E-state index contributed by atoms with van der Waals surface area (Å²) in [6.07, 6.45) is 3.60. The van der Waals surface area contributed by atoms with Crippen LogP contribution in [0.4, 0.5) is 0 Å². The minimum atomic E-state index is -0.225. The number of hydrogen-bond acceptors (Lipinski definition) is 5. The third-order valence-electron chi connectivity index (χ3n) is 2.75. The monoisotopic (exact) mass is 295 g/mol. The molecule has 21 heavy (non-hydrogen) atoms. The summed E-state index contributed by atoms with van der Waals surface area (Å²) >= 11 is 0. The molecule has 0 radical (unpaired) electrons. The first-order chi connectivity index (χ1) is 10.2. The van der Waals surface area contributed by atoms with E-state index in [0.29, 0.717) is 30.2 Å². The number of benzene rings is 1. The zero-order chi connectivity index (χ0) is 15.7. The second-order valence-corrected chi connectivity index (χ2v) is 4.16. The smallest absolute Gasteiger partial charge is 0.244 e. The molecule has 6 nitrogen and oxygen atoms in total. The van der Waals surface area contributed by atoms with Crippen molar-refractivity contribution in [2.24, 2.45) is 0 Å². The van der Waals surface area contributed by atoms with Crippen LogP contribution in [-0.4, -0.2) is 45.5 Å². The number of nitrogens with one attached hydrogen (secondary N) is 1. The van der Waals surface area contributed by atoms with Gasteiger partial charge in [0.25, 0.3) is 0 Å². The van der Waals surface area contributed by atoms with E-state index in [4.69, 9.17) is 19.3 Å². The van der Waals surface area contributed by atoms with E-state index in [1.807, 2.05) is 0 Å². The molecule has 0 heterocycles. The van der Waals surface area contributed by atoms with Crippen LogP contribution in [0, 0.1) is 0 Å². The van der Waals surface area contributed by atoms with Gasteiger partial charge in [-0.2, -0.15) is 0 Å². The van der Waals surface area contributed by atoms with Crippen molar-refractivity contribution in [1.82, 2.24) is 5.32 Å². The largest absolute Gasteiger partial charge is 0.493 e. The van der Waals surface area contributed by atoms with Crippen LogP contribution >= 0.6 is 0 Å². The highest BCUT2D eigenvalue weighted by atomic mass is 16.5. The molecule has 0 spiro atoms. The van der Waals surface area contributed by atoms with Crippen LogP contribution < -0.4 is 19.5 Å². The van der Waals surface area contributed by atoms with Gasteiger partial charge in [0, 0.05) is 19.2 Å². The summed E-state index contributed by atoms with van der Waals surface area (Å²) < 4.78 is 15.7. The number of hydrogen-bond donors (Lipinski definition) is 2. The predicted octanol–water partition coefficient (Wildman–Crippen LogP) is 1.22. The van der Waals surface area contributed by atoms with Crippen molar-refractivity contribution in [3.05, 3.63) is 23.8 Å². The van der Waals surface area contributed by atoms with Crippen LogP contribution in [0.2, 0.25) is 0 Å². The maximum absolute atomic E-state index is 11.6. The van der Waals surface area contributed by atoms with E-state index in [0.717, 1.165) is 5.56 Å². The molecule has 0 aliphatic rings. The van der Waals surface area contributed by atoms with Gasteiger partial charge in [0.2, 0.25) is 11.7 Å². The number of amides is 1. The highest BCUT2D eigenvalue weighted by molar-refractivity contribution is 5.91. The van der Waals surface area contributed by atoms with Gasteiger partial charge in [0.1, 0.15) is 0 Å². The first kappa shape index (κ1) is 16.8. The minimum absolute atomic E-state index is 0.0525. The van der Waals surface area contributed by atoms with Gasteiger partial charge in [0.15, 0.2) is 11.5 Å². The maximum Gasteiger partial charge on any atom is 0.244 e. The normalized spacial score (nSPS) is 10.5. The summed E-state index contributed by atoms with van der Waals surface area (Å²) in [7, 11) is 4.60. The number of carbonyl (C=O) groups excluding carboxylic acids is 1. The molecule has 1 aromatic rings. The van der Waals surface area contributed by atoms with Crippen molar-refractivity contribution < 1.29 is 24.1 Å². The number of aliphatic hydroxyl groups is 1. The highest BCUT2D eigenvalue weighted by Gasteiger charge is 2.12. The second kappa shape index (κ2) is 8.86. The lowest BCUT2D eigenvalue weighted by atomic mass is 10.1. The number of aliphatic hydroxyl groups excluding tert-OH is 1. The van der Waals surface area contributed by atoms with Crippen LogP contribution in [0.15, 0.2) is 18.2 Å². The van der Waals surface area contributed by atoms with E-state index in [2.05, 4.69) is 5.32 Å². The Bertz CT molecular complexity index is 474. The third kappa shape index (κ3) is 5.00. The van der Waals surface area contributed by atoms with Gasteiger partial charge in [-0.15, -0.1) is 0 Å².